The summed E-state index contributed by atoms with van der Waals surface area (Å²) >= 11 is 0. The number of rotatable bonds is 1. The normalized spacial score (nSPS) is 21.1. The van der Waals surface area contributed by atoms with Gasteiger partial charge in [-0.3, -0.25) is 19.4 Å². The monoisotopic (exact) mass is 366 g/mol. The maximum atomic E-state index is 13.3. The Morgan fingerprint density at radius 1 is 1.07 bits per heavy atom. The van der Waals surface area contributed by atoms with Gasteiger partial charge in [0.1, 0.15) is 0 Å². The summed E-state index contributed by atoms with van der Waals surface area (Å²) in [5.41, 5.74) is -0.781. The Morgan fingerprint density at radius 3 is 2.41 bits per heavy atom. The summed E-state index contributed by atoms with van der Waals surface area (Å²) in [5, 5.41) is 11.2. The quantitative estimate of drug-likeness (QED) is 0.838. The average Bonchev–Trinajstić information content (AvgIpc) is 2.89. The van der Waals surface area contributed by atoms with Gasteiger partial charge in [-0.2, -0.15) is 0 Å². The van der Waals surface area contributed by atoms with Crippen molar-refractivity contribution in [3.8, 4) is 0 Å². The molecule has 0 aromatic heterocycles. The second kappa shape index (κ2) is 6.21. The molecule has 0 bridgehead atoms. The zero-order valence-electron chi connectivity index (χ0n) is 14.7. The molecule has 2 aliphatic rings. The minimum atomic E-state index is -2.04. The Labute approximate surface area is 155 Å². The number of para-hydroxylation sites is 2. The molecule has 2 aromatic carbocycles. The third kappa shape index (κ3) is 2.43. The number of ether oxygens (including phenoxy) is 1. The van der Waals surface area contributed by atoms with Crippen LogP contribution in [0.4, 0.5) is 16.2 Å². The van der Waals surface area contributed by atoms with E-state index in [-0.39, 0.29) is 30.7 Å². The number of nitrogens with zero attached hydrogens (tertiary/aromatic N) is 2. The first-order valence-corrected chi connectivity index (χ1v) is 8.73. The summed E-state index contributed by atoms with van der Waals surface area (Å²) in [4.78, 5) is 41.1. The SMILES string of the molecule is CCOC(=O)N1CC[C@@]2(O)C(=O)c3ccccc3N2C(=O)c2ccccc21. The molecule has 7 nitrogen and oxygen atoms in total. The molecule has 2 aliphatic heterocycles. The fraction of sp³-hybridized carbons (Fsp3) is 0.250. The highest BCUT2D eigenvalue weighted by molar-refractivity contribution is 6.24. The average molecular weight is 366 g/mol. The first-order chi connectivity index (χ1) is 13.0. The second-order valence-corrected chi connectivity index (χ2v) is 6.42. The number of aliphatic hydroxyl groups is 1. The Bertz CT molecular complexity index is 957. The molecule has 0 unspecified atom stereocenters. The van der Waals surface area contributed by atoms with Crippen LogP contribution in [-0.4, -0.2) is 41.8 Å². The van der Waals surface area contributed by atoms with Gasteiger partial charge < -0.3 is 9.84 Å². The molecule has 2 aromatic rings. The lowest BCUT2D eigenvalue weighted by molar-refractivity contribution is 0.0290. The smallest absolute Gasteiger partial charge is 0.414 e. The topological polar surface area (TPSA) is 87.2 Å². The number of benzene rings is 2. The van der Waals surface area contributed by atoms with E-state index in [0.717, 1.165) is 4.90 Å². The first-order valence-electron chi connectivity index (χ1n) is 8.73. The molecule has 1 atom stereocenters. The van der Waals surface area contributed by atoms with Gasteiger partial charge in [-0.05, 0) is 31.2 Å². The zero-order valence-corrected chi connectivity index (χ0v) is 14.7. The largest absolute Gasteiger partial charge is 0.449 e. The minimum absolute atomic E-state index is 0.0237. The Kier molecular flexibility index (Phi) is 3.96. The van der Waals surface area contributed by atoms with E-state index in [1.165, 1.54) is 4.90 Å². The summed E-state index contributed by atoms with van der Waals surface area (Å²) in [6, 6.07) is 13.2. The molecule has 0 fully saturated rings. The molecule has 7 heteroatoms. The fourth-order valence-corrected chi connectivity index (χ4v) is 3.67. The lowest BCUT2D eigenvalue weighted by Crippen LogP contribution is -2.57. The Hall–Kier alpha value is -3.19. The van der Waals surface area contributed by atoms with Crippen LogP contribution in [0.2, 0.25) is 0 Å². The number of hydrogen-bond acceptors (Lipinski definition) is 5. The van der Waals surface area contributed by atoms with Crippen LogP contribution < -0.4 is 9.80 Å². The van der Waals surface area contributed by atoms with Crippen molar-refractivity contribution >= 4 is 29.2 Å². The molecule has 4 rings (SSSR count). The van der Waals surface area contributed by atoms with E-state index >= 15 is 0 Å². The highest BCUT2D eigenvalue weighted by Crippen LogP contribution is 2.42. The van der Waals surface area contributed by atoms with Crippen molar-refractivity contribution in [2.45, 2.75) is 19.1 Å². The van der Waals surface area contributed by atoms with Gasteiger partial charge in [0.25, 0.3) is 5.91 Å². The van der Waals surface area contributed by atoms with Gasteiger partial charge in [-0.15, -0.1) is 0 Å². The van der Waals surface area contributed by atoms with Gasteiger partial charge in [-0.25, -0.2) is 4.79 Å². The van der Waals surface area contributed by atoms with Gasteiger partial charge >= 0.3 is 6.09 Å². The van der Waals surface area contributed by atoms with E-state index in [1.54, 1.807) is 55.5 Å². The van der Waals surface area contributed by atoms with Gasteiger partial charge in [0.2, 0.25) is 11.5 Å². The number of amides is 2. The van der Waals surface area contributed by atoms with E-state index in [0.29, 0.717) is 11.4 Å². The molecule has 0 saturated carbocycles. The first kappa shape index (κ1) is 17.2. The van der Waals surface area contributed by atoms with Crippen LogP contribution in [0, 0.1) is 0 Å². The van der Waals surface area contributed by atoms with E-state index in [2.05, 4.69) is 0 Å². The van der Waals surface area contributed by atoms with Crippen LogP contribution in [0.5, 0.6) is 0 Å². The summed E-state index contributed by atoms with van der Waals surface area (Å²) in [6.07, 6.45) is -0.753. The van der Waals surface area contributed by atoms with E-state index in [9.17, 15) is 19.5 Å². The van der Waals surface area contributed by atoms with Crippen molar-refractivity contribution in [3.05, 3.63) is 59.7 Å². The highest BCUT2D eigenvalue weighted by Gasteiger charge is 2.54. The number of ketones is 1. The third-order valence-corrected chi connectivity index (χ3v) is 4.92. The van der Waals surface area contributed by atoms with Crippen molar-refractivity contribution in [1.82, 2.24) is 0 Å². The van der Waals surface area contributed by atoms with Gasteiger partial charge in [0.15, 0.2) is 0 Å². The second-order valence-electron chi connectivity index (χ2n) is 6.42. The lowest BCUT2D eigenvalue weighted by Gasteiger charge is -2.37. The van der Waals surface area contributed by atoms with Crippen LogP contribution in [0.1, 0.15) is 34.1 Å². The summed E-state index contributed by atoms with van der Waals surface area (Å²) in [7, 11) is 0. The predicted octanol–water partition coefficient (Wildman–Crippen LogP) is 2.58. The van der Waals surface area contributed by atoms with Crippen LogP contribution in [-0.2, 0) is 4.74 Å². The molecule has 0 radical (unpaired) electrons. The summed E-state index contributed by atoms with van der Waals surface area (Å²) in [5.74, 6) is -1.09. The Balaban J connectivity index is 1.89. The maximum Gasteiger partial charge on any atom is 0.414 e. The van der Waals surface area contributed by atoms with Crippen molar-refractivity contribution < 1.29 is 24.2 Å². The van der Waals surface area contributed by atoms with Crippen molar-refractivity contribution in [1.29, 1.82) is 0 Å². The van der Waals surface area contributed by atoms with Crippen LogP contribution in [0.25, 0.3) is 0 Å². The molecule has 2 heterocycles. The lowest BCUT2D eigenvalue weighted by atomic mass is 9.99. The molecule has 0 saturated heterocycles. The van der Waals surface area contributed by atoms with E-state index < -0.39 is 23.5 Å². The number of fused-ring (bicyclic) bond motifs is 4. The van der Waals surface area contributed by atoms with Gasteiger partial charge in [0, 0.05) is 18.5 Å². The van der Waals surface area contributed by atoms with Crippen molar-refractivity contribution in [3.63, 3.8) is 0 Å². The van der Waals surface area contributed by atoms with Crippen LogP contribution in [0.3, 0.4) is 0 Å². The number of carbonyl (C=O) groups is 3. The van der Waals surface area contributed by atoms with Crippen molar-refractivity contribution in [2.24, 2.45) is 0 Å². The third-order valence-electron chi connectivity index (χ3n) is 4.92. The standard InChI is InChI=1S/C20H18N2O5/c1-2-27-19(25)21-12-11-20(26)17(23)13-7-3-6-10-16(13)22(20)18(24)14-8-4-5-9-15(14)21/h3-10,26H,2,11-12H2,1H3/t20-/m1/s1. The molecular weight excluding hydrogens is 348 g/mol. The van der Waals surface area contributed by atoms with Crippen LogP contribution in [0.15, 0.2) is 48.5 Å². The molecule has 27 heavy (non-hydrogen) atoms. The highest BCUT2D eigenvalue weighted by atomic mass is 16.6. The van der Waals surface area contributed by atoms with E-state index in [4.69, 9.17) is 4.74 Å². The zero-order chi connectivity index (χ0) is 19.2. The molecule has 0 aliphatic carbocycles. The number of carbonyl (C=O) groups excluding carboxylic acids is 3. The van der Waals surface area contributed by atoms with Gasteiger partial charge in [-0.1, -0.05) is 24.3 Å². The predicted molar refractivity (Wildman–Crippen MR) is 98.0 cm³/mol. The number of Topliss-reactive ketones (excluding diaryl/α,β-unsaturated/α-hetero) is 1. The summed E-state index contributed by atoms with van der Waals surface area (Å²) in [6.45, 7) is 1.88. The summed E-state index contributed by atoms with van der Waals surface area (Å²) < 4.78 is 5.10. The number of anilines is 2. The minimum Gasteiger partial charge on any atom is -0.449 e. The number of hydrogen-bond donors (Lipinski definition) is 1. The maximum absolute atomic E-state index is 13.3. The fourth-order valence-electron chi connectivity index (χ4n) is 3.67. The molecule has 1 N–H and O–H groups in total. The molecule has 0 spiro atoms. The van der Waals surface area contributed by atoms with Crippen LogP contribution >= 0.6 is 0 Å². The Morgan fingerprint density at radius 2 is 1.70 bits per heavy atom. The van der Waals surface area contributed by atoms with Crippen molar-refractivity contribution in [2.75, 3.05) is 23.0 Å². The molecule has 138 valence electrons. The molecule has 2 amide bonds. The van der Waals surface area contributed by atoms with E-state index in [1.807, 2.05) is 0 Å². The molecular formula is C20H18N2O5. The van der Waals surface area contributed by atoms with Gasteiger partial charge in [0.05, 0.1) is 23.5 Å².